The van der Waals surface area contributed by atoms with E-state index in [9.17, 15) is 9.59 Å². The van der Waals surface area contributed by atoms with E-state index in [0.717, 1.165) is 38.3 Å². The Bertz CT molecular complexity index is 800. The maximum Gasteiger partial charge on any atom is 0.338 e. The largest absolute Gasteiger partial charge is 0.497 e. The van der Waals surface area contributed by atoms with E-state index in [1.54, 1.807) is 7.11 Å². The van der Waals surface area contributed by atoms with E-state index in [1.807, 2.05) is 30.3 Å². The Morgan fingerprint density at radius 2 is 1.97 bits per heavy atom. The highest BCUT2D eigenvalue weighted by Gasteiger charge is 2.34. The molecule has 0 radical (unpaired) electrons. The lowest BCUT2D eigenvalue weighted by Crippen LogP contribution is -2.51. The average molecular weight is 400 g/mol. The van der Waals surface area contributed by atoms with E-state index in [1.165, 1.54) is 7.11 Å². The first kappa shape index (κ1) is 20.9. The number of amides is 2. The van der Waals surface area contributed by atoms with Crippen LogP contribution in [0.5, 0.6) is 5.75 Å². The van der Waals surface area contributed by atoms with E-state index in [2.05, 4.69) is 27.0 Å². The summed E-state index contributed by atoms with van der Waals surface area (Å²) in [5.41, 5.74) is 1.74. The molecule has 8 heteroatoms. The Morgan fingerprint density at radius 3 is 2.62 bits per heavy atom. The molecule has 2 aliphatic rings. The minimum atomic E-state index is -0.608. The fourth-order valence-electron chi connectivity index (χ4n) is 3.70. The molecule has 29 heavy (non-hydrogen) atoms. The van der Waals surface area contributed by atoms with Crippen molar-refractivity contribution in [1.29, 1.82) is 0 Å². The van der Waals surface area contributed by atoms with Crippen LogP contribution in [0.3, 0.4) is 0 Å². The van der Waals surface area contributed by atoms with Gasteiger partial charge in [-0.15, -0.1) is 6.58 Å². The van der Waals surface area contributed by atoms with Gasteiger partial charge in [0.05, 0.1) is 25.8 Å². The summed E-state index contributed by atoms with van der Waals surface area (Å²) in [6, 6.07) is 6.36. The predicted octanol–water partition coefficient (Wildman–Crippen LogP) is 1.28. The van der Waals surface area contributed by atoms with Gasteiger partial charge in [-0.25, -0.2) is 9.59 Å². The quantitative estimate of drug-likeness (QED) is 0.530. The van der Waals surface area contributed by atoms with Gasteiger partial charge in [0.1, 0.15) is 5.75 Å². The van der Waals surface area contributed by atoms with Crippen LogP contribution in [0.15, 0.2) is 48.2 Å². The van der Waals surface area contributed by atoms with Gasteiger partial charge in [0.15, 0.2) is 0 Å². The fourth-order valence-corrected chi connectivity index (χ4v) is 3.70. The van der Waals surface area contributed by atoms with Crippen LogP contribution < -0.4 is 15.4 Å². The van der Waals surface area contributed by atoms with Gasteiger partial charge in [-0.05, 0) is 17.7 Å². The number of nitrogens with zero attached hydrogens (tertiary/aromatic N) is 2. The zero-order valence-corrected chi connectivity index (χ0v) is 16.9. The van der Waals surface area contributed by atoms with E-state index < -0.39 is 12.0 Å². The normalized spacial score (nSPS) is 20.6. The SMILES string of the molecule is C=CCN1CCN(CC2=C(C(=O)OC)[C@H](c3cccc(OC)c3)NC(=O)N2)CC1. The molecule has 8 nitrogen and oxygen atoms in total. The number of benzene rings is 1. The zero-order chi connectivity index (χ0) is 20.8. The summed E-state index contributed by atoms with van der Waals surface area (Å²) in [7, 11) is 2.93. The molecule has 1 fully saturated rings. The Morgan fingerprint density at radius 1 is 1.24 bits per heavy atom. The van der Waals surface area contributed by atoms with Gasteiger partial charge >= 0.3 is 12.0 Å². The second kappa shape index (κ2) is 9.58. The fraction of sp³-hybridized carbons (Fsp3) is 0.429. The molecule has 2 aliphatic heterocycles. The van der Waals surface area contributed by atoms with Crippen molar-refractivity contribution in [2.45, 2.75) is 6.04 Å². The van der Waals surface area contributed by atoms with Crippen LogP contribution in [0.1, 0.15) is 11.6 Å². The van der Waals surface area contributed by atoms with Crippen LogP contribution in [0, 0.1) is 0 Å². The summed E-state index contributed by atoms with van der Waals surface area (Å²) in [4.78, 5) is 29.6. The highest BCUT2D eigenvalue weighted by molar-refractivity contribution is 5.95. The van der Waals surface area contributed by atoms with Crippen molar-refractivity contribution in [3.63, 3.8) is 0 Å². The van der Waals surface area contributed by atoms with Crippen molar-refractivity contribution in [3.8, 4) is 5.75 Å². The van der Waals surface area contributed by atoms with Crippen molar-refractivity contribution < 1.29 is 19.1 Å². The minimum Gasteiger partial charge on any atom is -0.497 e. The third-order valence-electron chi connectivity index (χ3n) is 5.22. The summed E-state index contributed by atoms with van der Waals surface area (Å²) in [6.07, 6.45) is 1.90. The summed E-state index contributed by atoms with van der Waals surface area (Å²) < 4.78 is 10.3. The average Bonchev–Trinajstić information content (AvgIpc) is 2.74. The first-order valence-corrected chi connectivity index (χ1v) is 9.64. The molecule has 0 aromatic heterocycles. The molecule has 156 valence electrons. The second-order valence-corrected chi connectivity index (χ2v) is 7.06. The third-order valence-corrected chi connectivity index (χ3v) is 5.22. The van der Waals surface area contributed by atoms with Crippen molar-refractivity contribution in [3.05, 3.63) is 53.8 Å². The van der Waals surface area contributed by atoms with E-state index in [-0.39, 0.29) is 6.03 Å². The Hall–Kier alpha value is -2.84. The van der Waals surface area contributed by atoms with Crippen molar-refractivity contribution in [1.82, 2.24) is 20.4 Å². The van der Waals surface area contributed by atoms with Gasteiger partial charge in [-0.3, -0.25) is 9.80 Å². The first-order chi connectivity index (χ1) is 14.0. The number of rotatable bonds is 7. The van der Waals surface area contributed by atoms with E-state index in [0.29, 0.717) is 23.6 Å². The molecular formula is C21H28N4O4. The van der Waals surface area contributed by atoms with Crippen LogP contribution in [0.2, 0.25) is 0 Å². The molecule has 3 rings (SSSR count). The number of hydrogen-bond donors (Lipinski definition) is 2. The van der Waals surface area contributed by atoms with Crippen molar-refractivity contribution >= 4 is 12.0 Å². The van der Waals surface area contributed by atoms with Gasteiger partial charge in [0, 0.05) is 45.0 Å². The molecule has 0 unspecified atom stereocenters. The smallest absolute Gasteiger partial charge is 0.338 e. The van der Waals surface area contributed by atoms with Crippen LogP contribution in [-0.2, 0) is 9.53 Å². The van der Waals surface area contributed by atoms with Crippen molar-refractivity contribution in [2.24, 2.45) is 0 Å². The molecule has 0 aliphatic carbocycles. The number of esters is 1. The van der Waals surface area contributed by atoms with Gasteiger partial charge in [0.2, 0.25) is 0 Å². The lowest BCUT2D eigenvalue weighted by atomic mass is 9.94. The maximum absolute atomic E-state index is 12.7. The molecule has 1 aromatic rings. The lowest BCUT2D eigenvalue weighted by Gasteiger charge is -2.36. The number of ether oxygens (including phenoxy) is 2. The molecule has 1 atom stereocenters. The van der Waals surface area contributed by atoms with Crippen LogP contribution in [0.4, 0.5) is 4.79 Å². The molecule has 2 heterocycles. The summed E-state index contributed by atoms with van der Waals surface area (Å²) in [5.74, 6) is 0.185. The molecule has 0 saturated carbocycles. The second-order valence-electron chi connectivity index (χ2n) is 7.06. The van der Waals surface area contributed by atoms with Gasteiger partial charge in [-0.1, -0.05) is 18.2 Å². The number of piperazine rings is 1. The summed E-state index contributed by atoms with van der Waals surface area (Å²) in [5, 5.41) is 5.66. The third kappa shape index (κ3) is 4.96. The highest BCUT2D eigenvalue weighted by atomic mass is 16.5. The number of carbonyl (C=O) groups is 2. The number of carbonyl (C=O) groups excluding carboxylic acids is 2. The maximum atomic E-state index is 12.7. The molecule has 2 N–H and O–H groups in total. The van der Waals surface area contributed by atoms with Crippen LogP contribution in [0.25, 0.3) is 0 Å². The van der Waals surface area contributed by atoms with Gasteiger partial charge in [0.25, 0.3) is 0 Å². The molecule has 2 amide bonds. The van der Waals surface area contributed by atoms with Crippen molar-refractivity contribution in [2.75, 3.05) is 53.5 Å². The zero-order valence-electron chi connectivity index (χ0n) is 16.9. The standard InChI is InChI=1S/C21H28N4O4/c1-4-8-24-9-11-25(12-10-24)14-17-18(20(26)29-3)19(23-21(27)22-17)15-6-5-7-16(13-15)28-2/h4-7,13,19H,1,8-12,14H2,2-3H3,(H2,22,23,27)/t19-/m0/s1. The van der Waals surface area contributed by atoms with Gasteiger partial charge < -0.3 is 20.1 Å². The van der Waals surface area contributed by atoms with E-state index in [4.69, 9.17) is 9.47 Å². The van der Waals surface area contributed by atoms with Crippen LogP contribution in [-0.4, -0.2) is 75.3 Å². The first-order valence-electron chi connectivity index (χ1n) is 9.64. The Kier molecular flexibility index (Phi) is 6.90. The molecule has 0 bridgehead atoms. The monoisotopic (exact) mass is 400 g/mol. The molecule has 0 spiro atoms. The summed E-state index contributed by atoms with van der Waals surface area (Å²) in [6.45, 7) is 8.64. The number of urea groups is 1. The number of hydrogen-bond acceptors (Lipinski definition) is 6. The number of methoxy groups -OCH3 is 2. The molecule has 1 aromatic carbocycles. The van der Waals surface area contributed by atoms with Gasteiger partial charge in [-0.2, -0.15) is 0 Å². The lowest BCUT2D eigenvalue weighted by molar-refractivity contribution is -0.136. The highest BCUT2D eigenvalue weighted by Crippen LogP contribution is 2.30. The Labute approximate surface area is 171 Å². The topological polar surface area (TPSA) is 83.1 Å². The predicted molar refractivity (Wildman–Crippen MR) is 110 cm³/mol. The van der Waals surface area contributed by atoms with Crippen LogP contribution >= 0.6 is 0 Å². The summed E-state index contributed by atoms with van der Waals surface area (Å²) >= 11 is 0. The minimum absolute atomic E-state index is 0.342. The molecule has 1 saturated heterocycles. The molecular weight excluding hydrogens is 372 g/mol. The Balaban J connectivity index is 1.88. The number of nitrogens with one attached hydrogen (secondary N) is 2. The van der Waals surface area contributed by atoms with E-state index >= 15 is 0 Å².